The van der Waals surface area contributed by atoms with Crippen LogP contribution in [0, 0.1) is 0 Å². The SMILES string of the molecule is COc1ccc(CCCCN)cc1.COc1ccc(CCCCn2ccnn2)cc1.Cl. The van der Waals surface area contributed by atoms with E-state index in [0.717, 1.165) is 56.7 Å². The maximum absolute atomic E-state index is 5.42. The summed E-state index contributed by atoms with van der Waals surface area (Å²) in [7, 11) is 3.37. The average molecular weight is 447 g/mol. The Morgan fingerprint density at radius 3 is 1.71 bits per heavy atom. The smallest absolute Gasteiger partial charge is 0.118 e. The molecular weight excluding hydrogens is 412 g/mol. The lowest BCUT2D eigenvalue weighted by Crippen LogP contribution is -1.99. The highest BCUT2D eigenvalue weighted by Gasteiger charge is 1.96. The third kappa shape index (κ3) is 10.9. The Hall–Kier alpha value is -2.57. The molecule has 1 aromatic heterocycles. The van der Waals surface area contributed by atoms with Crippen LogP contribution in [0.4, 0.5) is 0 Å². The second-order valence-corrected chi connectivity index (χ2v) is 7.07. The van der Waals surface area contributed by atoms with Crippen LogP contribution in [-0.2, 0) is 19.4 Å². The monoisotopic (exact) mass is 446 g/mol. The van der Waals surface area contributed by atoms with Crippen molar-refractivity contribution in [2.24, 2.45) is 5.73 Å². The average Bonchev–Trinajstić information content (AvgIpc) is 3.32. The van der Waals surface area contributed by atoms with E-state index in [-0.39, 0.29) is 12.4 Å². The summed E-state index contributed by atoms with van der Waals surface area (Å²) in [4.78, 5) is 0. The van der Waals surface area contributed by atoms with E-state index in [1.165, 1.54) is 17.5 Å². The first-order valence-corrected chi connectivity index (χ1v) is 10.5. The maximum atomic E-state index is 5.42. The Morgan fingerprint density at radius 2 is 1.29 bits per heavy atom. The predicted molar refractivity (Wildman–Crippen MR) is 128 cm³/mol. The van der Waals surface area contributed by atoms with Gasteiger partial charge in [-0.1, -0.05) is 29.5 Å². The summed E-state index contributed by atoms with van der Waals surface area (Å²) in [5.41, 5.74) is 8.13. The van der Waals surface area contributed by atoms with Gasteiger partial charge < -0.3 is 15.2 Å². The van der Waals surface area contributed by atoms with Crippen molar-refractivity contribution in [3.05, 3.63) is 72.1 Å². The number of unbranched alkanes of at least 4 members (excludes halogenated alkanes) is 2. The molecule has 0 unspecified atom stereocenters. The largest absolute Gasteiger partial charge is 0.497 e. The third-order valence-electron chi connectivity index (χ3n) is 4.81. The van der Waals surface area contributed by atoms with Crippen molar-refractivity contribution in [3.8, 4) is 11.5 Å². The van der Waals surface area contributed by atoms with Crippen molar-refractivity contribution in [2.75, 3.05) is 20.8 Å². The fraction of sp³-hybridized carbons (Fsp3) is 0.417. The molecule has 7 heteroatoms. The molecule has 0 atom stereocenters. The number of methoxy groups -OCH3 is 2. The van der Waals surface area contributed by atoms with Gasteiger partial charge in [-0.2, -0.15) is 0 Å². The molecule has 0 saturated carbocycles. The Bertz CT molecular complexity index is 793. The van der Waals surface area contributed by atoms with Gasteiger partial charge in [0, 0.05) is 12.7 Å². The van der Waals surface area contributed by atoms with Crippen LogP contribution in [0.1, 0.15) is 36.8 Å². The van der Waals surface area contributed by atoms with E-state index >= 15 is 0 Å². The Balaban J connectivity index is 0.000000311. The second-order valence-electron chi connectivity index (χ2n) is 7.07. The molecule has 2 aromatic carbocycles. The first-order valence-electron chi connectivity index (χ1n) is 10.5. The minimum absolute atomic E-state index is 0. The molecule has 0 bridgehead atoms. The van der Waals surface area contributed by atoms with Crippen LogP contribution in [0.3, 0.4) is 0 Å². The van der Waals surface area contributed by atoms with Crippen molar-refractivity contribution in [3.63, 3.8) is 0 Å². The van der Waals surface area contributed by atoms with Crippen LogP contribution < -0.4 is 15.2 Å². The molecular formula is C24H35ClN4O2. The fourth-order valence-electron chi connectivity index (χ4n) is 3.01. The molecule has 0 aliphatic rings. The second kappa shape index (κ2) is 16.2. The van der Waals surface area contributed by atoms with E-state index in [9.17, 15) is 0 Å². The lowest BCUT2D eigenvalue weighted by Gasteiger charge is -2.03. The summed E-state index contributed by atoms with van der Waals surface area (Å²) >= 11 is 0. The number of nitrogens with zero attached hydrogens (tertiary/aromatic N) is 3. The van der Waals surface area contributed by atoms with Crippen molar-refractivity contribution < 1.29 is 9.47 Å². The first-order chi connectivity index (χ1) is 14.7. The molecule has 1 heterocycles. The zero-order chi connectivity index (χ0) is 21.4. The van der Waals surface area contributed by atoms with E-state index in [1.807, 2.05) is 35.1 Å². The van der Waals surface area contributed by atoms with Crippen LogP contribution in [0.5, 0.6) is 11.5 Å². The van der Waals surface area contributed by atoms with Crippen LogP contribution >= 0.6 is 12.4 Å². The van der Waals surface area contributed by atoms with Crippen LogP contribution in [0.2, 0.25) is 0 Å². The van der Waals surface area contributed by atoms with Crippen molar-refractivity contribution in [1.29, 1.82) is 0 Å². The van der Waals surface area contributed by atoms with Gasteiger partial charge in [-0.3, -0.25) is 4.68 Å². The number of nitrogens with two attached hydrogens (primary N) is 1. The number of rotatable bonds is 11. The molecule has 2 N–H and O–H groups in total. The zero-order valence-corrected chi connectivity index (χ0v) is 19.4. The molecule has 6 nitrogen and oxygen atoms in total. The van der Waals surface area contributed by atoms with Crippen molar-refractivity contribution in [2.45, 2.75) is 45.1 Å². The molecule has 0 radical (unpaired) electrons. The van der Waals surface area contributed by atoms with Gasteiger partial charge in [0.05, 0.1) is 20.4 Å². The molecule has 31 heavy (non-hydrogen) atoms. The zero-order valence-electron chi connectivity index (χ0n) is 18.6. The summed E-state index contributed by atoms with van der Waals surface area (Å²) in [6.07, 6.45) is 10.4. The van der Waals surface area contributed by atoms with Gasteiger partial charge in [-0.15, -0.1) is 17.5 Å². The van der Waals surface area contributed by atoms with Crippen molar-refractivity contribution >= 4 is 12.4 Å². The lowest BCUT2D eigenvalue weighted by atomic mass is 10.1. The quantitative estimate of drug-likeness (QED) is 0.432. The fourth-order valence-corrected chi connectivity index (χ4v) is 3.01. The number of aryl methyl sites for hydroxylation is 3. The van der Waals surface area contributed by atoms with Crippen LogP contribution in [-0.4, -0.2) is 35.8 Å². The molecule has 170 valence electrons. The highest BCUT2D eigenvalue weighted by molar-refractivity contribution is 5.85. The summed E-state index contributed by atoms with van der Waals surface area (Å²) in [6.45, 7) is 1.73. The van der Waals surface area contributed by atoms with E-state index in [2.05, 4.69) is 34.6 Å². The minimum Gasteiger partial charge on any atom is -0.497 e. The summed E-state index contributed by atoms with van der Waals surface area (Å²) in [5.74, 6) is 1.83. The van der Waals surface area contributed by atoms with E-state index in [1.54, 1.807) is 20.4 Å². The normalized spacial score (nSPS) is 9.90. The Kier molecular flexibility index (Phi) is 13.8. The number of ether oxygens (including phenoxy) is 2. The summed E-state index contributed by atoms with van der Waals surface area (Å²) < 4.78 is 12.1. The molecule has 3 aromatic rings. The highest BCUT2D eigenvalue weighted by Crippen LogP contribution is 2.14. The van der Waals surface area contributed by atoms with E-state index in [4.69, 9.17) is 15.2 Å². The molecule has 0 aliphatic heterocycles. The summed E-state index contributed by atoms with van der Waals surface area (Å²) in [5, 5.41) is 7.71. The molecule has 0 fully saturated rings. The number of aromatic nitrogens is 3. The van der Waals surface area contributed by atoms with Gasteiger partial charge >= 0.3 is 0 Å². The third-order valence-corrected chi connectivity index (χ3v) is 4.81. The lowest BCUT2D eigenvalue weighted by molar-refractivity contribution is 0.414. The van der Waals surface area contributed by atoms with Gasteiger partial charge in [0.25, 0.3) is 0 Å². The van der Waals surface area contributed by atoms with Crippen LogP contribution in [0.15, 0.2) is 60.9 Å². The first kappa shape index (κ1) is 26.5. The van der Waals surface area contributed by atoms with Crippen molar-refractivity contribution in [1.82, 2.24) is 15.0 Å². The van der Waals surface area contributed by atoms with Crippen LogP contribution in [0.25, 0.3) is 0 Å². The maximum Gasteiger partial charge on any atom is 0.118 e. The van der Waals surface area contributed by atoms with E-state index in [0.29, 0.717) is 0 Å². The van der Waals surface area contributed by atoms with Gasteiger partial charge in [0.1, 0.15) is 11.5 Å². The minimum atomic E-state index is 0. The molecule has 3 rings (SSSR count). The van der Waals surface area contributed by atoms with Gasteiger partial charge in [0.15, 0.2) is 0 Å². The van der Waals surface area contributed by atoms with Gasteiger partial charge in [-0.25, -0.2) is 0 Å². The number of halogens is 1. The topological polar surface area (TPSA) is 75.2 Å². The molecule has 0 amide bonds. The molecule has 0 saturated heterocycles. The number of hydrogen-bond donors (Lipinski definition) is 1. The predicted octanol–water partition coefficient (Wildman–Crippen LogP) is 4.71. The van der Waals surface area contributed by atoms with Gasteiger partial charge in [-0.05, 0) is 80.5 Å². The Labute approximate surface area is 192 Å². The number of benzene rings is 2. The van der Waals surface area contributed by atoms with E-state index < -0.39 is 0 Å². The highest BCUT2D eigenvalue weighted by atomic mass is 35.5. The Morgan fingerprint density at radius 1 is 0.774 bits per heavy atom. The van der Waals surface area contributed by atoms with Gasteiger partial charge in [0.2, 0.25) is 0 Å². The standard InChI is InChI=1S/C13H17N3O.C11H17NO.ClH/c1-17-13-7-5-12(6-8-13)4-2-3-10-16-11-9-14-15-16;1-13-11-7-5-10(6-8-11)4-2-3-9-12;/h5-9,11H,2-4,10H2,1H3;5-8H,2-4,9,12H2,1H3;1H. The number of hydrogen-bond acceptors (Lipinski definition) is 5. The summed E-state index contributed by atoms with van der Waals surface area (Å²) in [6, 6.07) is 16.5. The molecule has 0 aliphatic carbocycles. The molecule has 0 spiro atoms.